The largest absolute Gasteiger partial charge is 0.451 e. The summed E-state index contributed by atoms with van der Waals surface area (Å²) in [4.78, 5) is 27.2. The van der Waals surface area contributed by atoms with Gasteiger partial charge in [-0.2, -0.15) is 0 Å². The first-order valence-corrected chi connectivity index (χ1v) is 9.87. The Hall–Kier alpha value is -3.17. The number of H-pyrrole nitrogens is 1. The van der Waals surface area contributed by atoms with Crippen LogP contribution in [0.25, 0.3) is 10.9 Å². The number of anilines is 1. The fourth-order valence-electron chi connectivity index (χ4n) is 2.67. The number of sulfonamides is 1. The first-order valence-electron chi connectivity index (χ1n) is 8.39. The molecule has 0 radical (unpaired) electrons. The molecule has 2 aromatic carbocycles. The molecule has 1 aromatic heterocycles. The zero-order valence-electron chi connectivity index (χ0n) is 15.3. The Kier molecular flexibility index (Phi) is 5.48. The van der Waals surface area contributed by atoms with E-state index < -0.39 is 28.5 Å². The van der Waals surface area contributed by atoms with E-state index in [1.54, 1.807) is 25.1 Å². The van der Waals surface area contributed by atoms with Crippen LogP contribution in [0.5, 0.6) is 0 Å². The van der Waals surface area contributed by atoms with E-state index in [0.717, 1.165) is 10.9 Å². The molecule has 1 heterocycles. The van der Waals surface area contributed by atoms with Crippen molar-refractivity contribution in [2.45, 2.75) is 11.8 Å². The van der Waals surface area contributed by atoms with Crippen LogP contribution in [0.1, 0.15) is 16.1 Å². The van der Waals surface area contributed by atoms with Crippen molar-refractivity contribution in [3.63, 3.8) is 0 Å². The molecule has 1 amide bonds. The van der Waals surface area contributed by atoms with Crippen molar-refractivity contribution in [2.75, 3.05) is 19.0 Å². The SMILES string of the molecule is CNS(=O)(=O)c1cc(NC(=O)COC(=O)c2cc3ccccc3[nH]2)ccc1C. The van der Waals surface area contributed by atoms with Gasteiger partial charge >= 0.3 is 5.97 Å². The van der Waals surface area contributed by atoms with Gasteiger partial charge < -0.3 is 15.0 Å². The van der Waals surface area contributed by atoms with E-state index in [4.69, 9.17) is 4.74 Å². The van der Waals surface area contributed by atoms with Crippen LogP contribution in [-0.4, -0.2) is 38.9 Å². The topological polar surface area (TPSA) is 117 Å². The zero-order valence-corrected chi connectivity index (χ0v) is 16.1. The summed E-state index contributed by atoms with van der Waals surface area (Å²) in [5.41, 5.74) is 1.85. The molecule has 3 aromatic rings. The number of benzene rings is 2. The molecule has 0 aliphatic carbocycles. The highest BCUT2D eigenvalue weighted by Gasteiger charge is 2.17. The lowest BCUT2D eigenvalue weighted by Crippen LogP contribution is -2.22. The maximum atomic E-state index is 12.1. The lowest BCUT2D eigenvalue weighted by Gasteiger charge is -2.10. The molecule has 0 atom stereocenters. The van der Waals surface area contributed by atoms with E-state index in [1.807, 2.05) is 24.3 Å². The quantitative estimate of drug-likeness (QED) is 0.547. The third-order valence-corrected chi connectivity index (χ3v) is 5.67. The van der Waals surface area contributed by atoms with Gasteiger partial charge in [0, 0.05) is 16.6 Å². The van der Waals surface area contributed by atoms with Crippen LogP contribution in [0.15, 0.2) is 53.4 Å². The van der Waals surface area contributed by atoms with Crippen molar-refractivity contribution in [2.24, 2.45) is 0 Å². The lowest BCUT2D eigenvalue weighted by molar-refractivity contribution is -0.119. The van der Waals surface area contributed by atoms with E-state index in [0.29, 0.717) is 5.56 Å². The first kappa shape index (κ1) is 19.6. The molecule has 28 heavy (non-hydrogen) atoms. The Morgan fingerprint density at radius 3 is 2.57 bits per heavy atom. The smallest absolute Gasteiger partial charge is 0.355 e. The number of ether oxygens (including phenoxy) is 1. The molecule has 0 bridgehead atoms. The minimum Gasteiger partial charge on any atom is -0.451 e. The predicted octanol–water partition coefficient (Wildman–Crippen LogP) is 2.18. The highest BCUT2D eigenvalue weighted by Crippen LogP contribution is 2.20. The summed E-state index contributed by atoms with van der Waals surface area (Å²) >= 11 is 0. The number of fused-ring (bicyclic) bond motifs is 1. The zero-order chi connectivity index (χ0) is 20.3. The molecule has 8 nitrogen and oxygen atoms in total. The fraction of sp³-hybridized carbons (Fsp3) is 0.158. The third kappa shape index (κ3) is 4.21. The number of aromatic nitrogens is 1. The van der Waals surface area contributed by atoms with Crippen molar-refractivity contribution >= 4 is 38.5 Å². The number of aryl methyl sites for hydroxylation is 1. The summed E-state index contributed by atoms with van der Waals surface area (Å²) in [6.07, 6.45) is 0. The minimum absolute atomic E-state index is 0.0582. The van der Waals surface area contributed by atoms with Crippen molar-refractivity contribution < 1.29 is 22.7 Å². The van der Waals surface area contributed by atoms with E-state index in [1.165, 1.54) is 13.1 Å². The van der Waals surface area contributed by atoms with Gasteiger partial charge in [0.2, 0.25) is 10.0 Å². The number of aromatic amines is 1. The number of hydrogen-bond acceptors (Lipinski definition) is 5. The number of para-hydroxylation sites is 1. The molecule has 0 spiro atoms. The Morgan fingerprint density at radius 1 is 1.11 bits per heavy atom. The van der Waals surface area contributed by atoms with Crippen molar-refractivity contribution in [1.29, 1.82) is 0 Å². The van der Waals surface area contributed by atoms with Crippen LogP contribution in [0.3, 0.4) is 0 Å². The standard InChI is InChI=1S/C19H19N3O5S/c1-12-7-8-14(10-17(12)28(25,26)20-2)21-18(23)11-27-19(24)16-9-13-5-3-4-6-15(13)22-16/h3-10,20,22H,11H2,1-2H3,(H,21,23). The van der Waals surface area contributed by atoms with Gasteiger partial charge in [0.15, 0.2) is 6.61 Å². The van der Waals surface area contributed by atoms with Gasteiger partial charge in [-0.05, 0) is 43.8 Å². The molecule has 0 saturated carbocycles. The van der Waals surface area contributed by atoms with E-state index in [2.05, 4.69) is 15.0 Å². The van der Waals surface area contributed by atoms with Gasteiger partial charge in [-0.1, -0.05) is 24.3 Å². The summed E-state index contributed by atoms with van der Waals surface area (Å²) < 4.78 is 31.3. The van der Waals surface area contributed by atoms with Gasteiger partial charge in [0.1, 0.15) is 5.69 Å². The van der Waals surface area contributed by atoms with Crippen molar-refractivity contribution in [3.8, 4) is 0 Å². The third-order valence-electron chi connectivity index (χ3n) is 4.11. The Morgan fingerprint density at radius 2 is 1.86 bits per heavy atom. The number of amides is 1. The van der Waals surface area contributed by atoms with Crippen molar-refractivity contribution in [1.82, 2.24) is 9.71 Å². The van der Waals surface area contributed by atoms with Crippen molar-refractivity contribution in [3.05, 3.63) is 59.8 Å². The fourth-order valence-corrected chi connectivity index (χ4v) is 3.66. The monoisotopic (exact) mass is 401 g/mol. The molecule has 3 N–H and O–H groups in total. The Labute approximate surface area is 162 Å². The average Bonchev–Trinajstić information content (AvgIpc) is 3.12. The highest BCUT2D eigenvalue weighted by atomic mass is 32.2. The Balaban J connectivity index is 1.64. The second-order valence-electron chi connectivity index (χ2n) is 6.08. The number of rotatable bonds is 6. The van der Waals surface area contributed by atoms with E-state index >= 15 is 0 Å². The molecule has 9 heteroatoms. The molecule has 0 unspecified atom stereocenters. The minimum atomic E-state index is -3.65. The molecule has 3 rings (SSSR count). The van der Waals surface area contributed by atoms with Crippen LogP contribution in [0.4, 0.5) is 5.69 Å². The van der Waals surface area contributed by atoms with Gasteiger partial charge in [0.25, 0.3) is 5.91 Å². The van der Waals surface area contributed by atoms with E-state index in [9.17, 15) is 18.0 Å². The summed E-state index contributed by atoms with van der Waals surface area (Å²) in [5.74, 6) is -1.24. The maximum Gasteiger partial charge on any atom is 0.355 e. The second-order valence-corrected chi connectivity index (χ2v) is 7.94. The van der Waals surface area contributed by atoms with Crippen LogP contribution >= 0.6 is 0 Å². The number of hydrogen-bond donors (Lipinski definition) is 3. The lowest BCUT2D eigenvalue weighted by atomic mass is 10.2. The molecule has 0 aliphatic heterocycles. The number of carbonyl (C=O) groups is 2. The molecule has 0 saturated heterocycles. The predicted molar refractivity (Wildman–Crippen MR) is 105 cm³/mol. The van der Waals surface area contributed by atoms with Crippen LogP contribution < -0.4 is 10.0 Å². The van der Waals surface area contributed by atoms with E-state index in [-0.39, 0.29) is 16.3 Å². The summed E-state index contributed by atoms with van der Waals surface area (Å²) in [5, 5.41) is 3.38. The van der Waals surface area contributed by atoms with Gasteiger partial charge in [-0.3, -0.25) is 4.79 Å². The first-order chi connectivity index (χ1) is 13.3. The maximum absolute atomic E-state index is 12.1. The number of esters is 1. The number of carbonyl (C=O) groups excluding carboxylic acids is 2. The van der Waals surface area contributed by atoms with Crippen LogP contribution in [0.2, 0.25) is 0 Å². The molecular weight excluding hydrogens is 382 g/mol. The normalized spacial score (nSPS) is 11.4. The van der Waals surface area contributed by atoms with Gasteiger partial charge in [-0.15, -0.1) is 0 Å². The summed E-state index contributed by atoms with van der Waals surface area (Å²) in [6.45, 7) is 1.15. The van der Waals surface area contributed by atoms with Crippen LogP contribution in [0, 0.1) is 6.92 Å². The number of nitrogens with one attached hydrogen (secondary N) is 3. The molecule has 0 fully saturated rings. The van der Waals surface area contributed by atoms with Gasteiger partial charge in [-0.25, -0.2) is 17.9 Å². The highest BCUT2D eigenvalue weighted by molar-refractivity contribution is 7.89. The Bertz CT molecular complexity index is 1120. The average molecular weight is 401 g/mol. The van der Waals surface area contributed by atoms with Crippen LogP contribution in [-0.2, 0) is 19.6 Å². The molecular formula is C19H19N3O5S. The molecule has 146 valence electrons. The second kappa shape index (κ2) is 7.83. The summed E-state index contributed by atoms with van der Waals surface area (Å²) in [7, 11) is -2.34. The van der Waals surface area contributed by atoms with Gasteiger partial charge in [0.05, 0.1) is 4.90 Å². The molecule has 0 aliphatic rings. The summed E-state index contributed by atoms with van der Waals surface area (Å²) in [6, 6.07) is 13.5.